The van der Waals surface area contributed by atoms with Crippen molar-refractivity contribution in [2.75, 3.05) is 26.4 Å². The fraction of sp³-hybridized carbons (Fsp3) is 0.455. The molecule has 0 bridgehead atoms. The zero-order valence-electron chi connectivity index (χ0n) is 15.5. The van der Waals surface area contributed by atoms with Gasteiger partial charge in [-0.3, -0.25) is 0 Å². The normalized spacial score (nSPS) is 10.6. The van der Waals surface area contributed by atoms with Crippen LogP contribution in [0.15, 0.2) is 48.5 Å². The molecular formula is C22H30O3. The molecule has 0 aliphatic carbocycles. The van der Waals surface area contributed by atoms with Gasteiger partial charge in [0.1, 0.15) is 11.5 Å². The molecular weight excluding hydrogens is 312 g/mol. The van der Waals surface area contributed by atoms with Crippen LogP contribution < -0.4 is 9.47 Å². The molecule has 0 radical (unpaired) electrons. The largest absolute Gasteiger partial charge is 0.494 e. The van der Waals surface area contributed by atoms with Crippen LogP contribution in [0.2, 0.25) is 0 Å². The SMILES string of the molecule is CCOc1ccccc1CCCOCCCc1ccccc1OCC. The first-order chi connectivity index (χ1) is 12.3. The van der Waals surface area contributed by atoms with Crippen LogP contribution in [0.25, 0.3) is 0 Å². The first-order valence-electron chi connectivity index (χ1n) is 9.34. The Labute approximate surface area is 151 Å². The average molecular weight is 342 g/mol. The Balaban J connectivity index is 1.63. The van der Waals surface area contributed by atoms with E-state index in [1.807, 2.05) is 38.1 Å². The molecule has 0 N–H and O–H groups in total. The summed E-state index contributed by atoms with van der Waals surface area (Å²) in [6.07, 6.45) is 4.01. The molecule has 0 aromatic heterocycles. The maximum atomic E-state index is 5.80. The van der Waals surface area contributed by atoms with E-state index >= 15 is 0 Å². The van der Waals surface area contributed by atoms with Crippen molar-refractivity contribution in [3.8, 4) is 11.5 Å². The average Bonchev–Trinajstić information content (AvgIpc) is 2.64. The van der Waals surface area contributed by atoms with Crippen LogP contribution in [0.3, 0.4) is 0 Å². The minimum absolute atomic E-state index is 0.705. The summed E-state index contributed by atoms with van der Waals surface area (Å²) < 4.78 is 17.1. The number of hydrogen-bond donors (Lipinski definition) is 0. The van der Waals surface area contributed by atoms with E-state index in [9.17, 15) is 0 Å². The Morgan fingerprint density at radius 1 is 0.640 bits per heavy atom. The van der Waals surface area contributed by atoms with Crippen LogP contribution in [0.4, 0.5) is 0 Å². The van der Waals surface area contributed by atoms with Crippen molar-refractivity contribution in [3.05, 3.63) is 59.7 Å². The predicted molar refractivity (Wildman–Crippen MR) is 103 cm³/mol. The van der Waals surface area contributed by atoms with Gasteiger partial charge in [0.15, 0.2) is 0 Å². The second-order valence-corrected chi connectivity index (χ2v) is 5.90. The fourth-order valence-electron chi connectivity index (χ4n) is 2.84. The highest BCUT2D eigenvalue weighted by atomic mass is 16.5. The standard InChI is InChI=1S/C22H30O3/c1-3-24-21-15-7-5-11-19(21)13-9-17-23-18-10-14-20-12-6-8-16-22(20)25-4-2/h5-8,11-12,15-16H,3-4,9-10,13-14,17-18H2,1-2H3. The lowest BCUT2D eigenvalue weighted by Crippen LogP contribution is -2.03. The minimum Gasteiger partial charge on any atom is -0.494 e. The lowest BCUT2D eigenvalue weighted by atomic mass is 10.1. The molecule has 0 aliphatic heterocycles. The molecule has 0 unspecified atom stereocenters. The van der Waals surface area contributed by atoms with Crippen LogP contribution in [0.1, 0.15) is 37.8 Å². The molecule has 2 rings (SSSR count). The lowest BCUT2D eigenvalue weighted by molar-refractivity contribution is 0.129. The molecule has 3 heteroatoms. The third kappa shape index (κ3) is 6.79. The summed E-state index contributed by atoms with van der Waals surface area (Å²) >= 11 is 0. The van der Waals surface area contributed by atoms with Gasteiger partial charge in [-0.2, -0.15) is 0 Å². The summed E-state index contributed by atoms with van der Waals surface area (Å²) in [6.45, 7) is 7.02. The molecule has 0 spiro atoms. The zero-order valence-corrected chi connectivity index (χ0v) is 15.5. The lowest BCUT2D eigenvalue weighted by Gasteiger charge is -2.11. The Hall–Kier alpha value is -2.00. The second-order valence-electron chi connectivity index (χ2n) is 5.90. The van der Waals surface area contributed by atoms with E-state index in [4.69, 9.17) is 14.2 Å². The number of benzene rings is 2. The third-order valence-corrected chi connectivity index (χ3v) is 4.01. The molecule has 0 heterocycles. The summed E-state index contributed by atoms with van der Waals surface area (Å²) in [5, 5.41) is 0. The van der Waals surface area contributed by atoms with E-state index in [-0.39, 0.29) is 0 Å². The summed E-state index contributed by atoms with van der Waals surface area (Å²) in [6, 6.07) is 16.5. The van der Waals surface area contributed by atoms with E-state index in [1.165, 1.54) is 11.1 Å². The number of hydrogen-bond acceptors (Lipinski definition) is 3. The van der Waals surface area contributed by atoms with Crippen molar-refractivity contribution in [3.63, 3.8) is 0 Å². The Morgan fingerprint density at radius 3 is 1.52 bits per heavy atom. The number of rotatable bonds is 12. The molecule has 3 nitrogen and oxygen atoms in total. The van der Waals surface area contributed by atoms with Gasteiger partial charge >= 0.3 is 0 Å². The number of para-hydroxylation sites is 2. The Morgan fingerprint density at radius 2 is 1.08 bits per heavy atom. The van der Waals surface area contributed by atoms with Gasteiger partial charge in [-0.05, 0) is 62.8 Å². The van der Waals surface area contributed by atoms with Crippen LogP contribution in [0.5, 0.6) is 11.5 Å². The van der Waals surface area contributed by atoms with E-state index < -0.39 is 0 Å². The molecule has 136 valence electrons. The van der Waals surface area contributed by atoms with Gasteiger partial charge in [0.2, 0.25) is 0 Å². The summed E-state index contributed by atoms with van der Waals surface area (Å²) in [5.41, 5.74) is 2.53. The minimum atomic E-state index is 0.705. The van der Waals surface area contributed by atoms with Crippen LogP contribution >= 0.6 is 0 Å². The van der Waals surface area contributed by atoms with Gasteiger partial charge in [-0.1, -0.05) is 36.4 Å². The van der Waals surface area contributed by atoms with Crippen molar-refractivity contribution >= 4 is 0 Å². The van der Waals surface area contributed by atoms with E-state index in [2.05, 4.69) is 24.3 Å². The van der Waals surface area contributed by atoms with Gasteiger partial charge < -0.3 is 14.2 Å². The van der Waals surface area contributed by atoms with Gasteiger partial charge in [0.25, 0.3) is 0 Å². The Bertz CT molecular complexity index is 556. The number of aryl methyl sites for hydroxylation is 2. The quantitative estimate of drug-likeness (QED) is 0.504. The molecule has 0 atom stereocenters. The summed E-state index contributed by atoms with van der Waals surface area (Å²) in [7, 11) is 0. The maximum Gasteiger partial charge on any atom is 0.122 e. The van der Waals surface area contributed by atoms with Crippen molar-refractivity contribution < 1.29 is 14.2 Å². The molecule has 0 fully saturated rings. The Kier molecular flexibility index (Phi) is 8.92. The van der Waals surface area contributed by atoms with Crippen molar-refractivity contribution in [1.29, 1.82) is 0 Å². The van der Waals surface area contributed by atoms with Crippen LogP contribution in [0, 0.1) is 0 Å². The molecule has 25 heavy (non-hydrogen) atoms. The van der Waals surface area contributed by atoms with Crippen molar-refractivity contribution in [2.24, 2.45) is 0 Å². The fourth-order valence-corrected chi connectivity index (χ4v) is 2.84. The molecule has 2 aromatic carbocycles. The molecule has 0 saturated heterocycles. The van der Waals surface area contributed by atoms with E-state index in [1.54, 1.807) is 0 Å². The molecule has 0 amide bonds. The molecule has 0 saturated carbocycles. The smallest absolute Gasteiger partial charge is 0.122 e. The van der Waals surface area contributed by atoms with Gasteiger partial charge in [0, 0.05) is 13.2 Å². The van der Waals surface area contributed by atoms with Crippen molar-refractivity contribution in [2.45, 2.75) is 39.5 Å². The van der Waals surface area contributed by atoms with Gasteiger partial charge in [-0.15, -0.1) is 0 Å². The van der Waals surface area contributed by atoms with E-state index in [0.29, 0.717) is 13.2 Å². The third-order valence-electron chi connectivity index (χ3n) is 4.01. The maximum absolute atomic E-state index is 5.80. The molecule has 0 aliphatic rings. The van der Waals surface area contributed by atoms with Crippen molar-refractivity contribution in [1.82, 2.24) is 0 Å². The predicted octanol–water partition coefficient (Wildman–Crippen LogP) is 5.07. The van der Waals surface area contributed by atoms with E-state index in [0.717, 1.165) is 50.4 Å². The topological polar surface area (TPSA) is 27.7 Å². The van der Waals surface area contributed by atoms with Gasteiger partial charge in [-0.25, -0.2) is 0 Å². The highest BCUT2D eigenvalue weighted by molar-refractivity contribution is 5.34. The highest BCUT2D eigenvalue weighted by Gasteiger charge is 2.03. The van der Waals surface area contributed by atoms with Crippen LogP contribution in [-0.4, -0.2) is 26.4 Å². The first kappa shape index (κ1) is 19.3. The van der Waals surface area contributed by atoms with Crippen LogP contribution in [-0.2, 0) is 17.6 Å². The summed E-state index contributed by atoms with van der Waals surface area (Å²) in [5.74, 6) is 2.00. The number of ether oxygens (including phenoxy) is 3. The monoisotopic (exact) mass is 342 g/mol. The highest BCUT2D eigenvalue weighted by Crippen LogP contribution is 2.20. The van der Waals surface area contributed by atoms with Gasteiger partial charge in [0.05, 0.1) is 13.2 Å². The second kappa shape index (κ2) is 11.5. The summed E-state index contributed by atoms with van der Waals surface area (Å²) in [4.78, 5) is 0. The molecule has 2 aromatic rings. The zero-order chi connectivity index (χ0) is 17.7. The first-order valence-corrected chi connectivity index (χ1v) is 9.34.